The molecule has 21 heavy (non-hydrogen) atoms. The molecule has 0 aromatic carbocycles. The van der Waals surface area contributed by atoms with E-state index in [1.165, 1.54) is 0 Å². The van der Waals surface area contributed by atoms with Crippen molar-refractivity contribution < 1.29 is 24.2 Å². The molecule has 2 saturated heterocycles. The van der Waals surface area contributed by atoms with Gasteiger partial charge in [0, 0.05) is 32.6 Å². The summed E-state index contributed by atoms with van der Waals surface area (Å²) in [6.45, 7) is 5.47. The Balaban J connectivity index is 1.63. The summed E-state index contributed by atoms with van der Waals surface area (Å²) in [5.74, 6) is -0.641. The molecule has 0 aromatic heterocycles. The predicted molar refractivity (Wildman–Crippen MR) is 75.1 cm³/mol. The molecule has 2 rings (SSSR count). The lowest BCUT2D eigenvalue weighted by molar-refractivity contribution is -0.142. The number of morpholine rings is 2. The van der Waals surface area contributed by atoms with Gasteiger partial charge in [0.2, 0.25) is 5.91 Å². The van der Waals surface area contributed by atoms with Gasteiger partial charge in [-0.3, -0.25) is 14.5 Å². The van der Waals surface area contributed by atoms with E-state index in [-0.39, 0.29) is 18.4 Å². The second-order valence-electron chi connectivity index (χ2n) is 5.49. The van der Waals surface area contributed by atoms with Gasteiger partial charge >= 0.3 is 5.97 Å². The molecule has 2 aliphatic heterocycles. The highest BCUT2D eigenvalue weighted by molar-refractivity contribution is 5.76. The van der Waals surface area contributed by atoms with Gasteiger partial charge in [0.05, 0.1) is 32.3 Å². The van der Waals surface area contributed by atoms with Crippen LogP contribution in [0.4, 0.5) is 0 Å². The number of amides is 1. The lowest BCUT2D eigenvalue weighted by atomic mass is 10.2. The molecular formula is C14H24N2O5. The van der Waals surface area contributed by atoms with Crippen LogP contribution in [0.2, 0.25) is 0 Å². The molecule has 120 valence electrons. The van der Waals surface area contributed by atoms with Crippen LogP contribution < -0.4 is 0 Å². The zero-order valence-electron chi connectivity index (χ0n) is 12.3. The molecule has 1 N–H and O–H groups in total. The maximum absolute atomic E-state index is 12.0. The van der Waals surface area contributed by atoms with Crippen LogP contribution in [0.15, 0.2) is 0 Å². The monoisotopic (exact) mass is 300 g/mol. The van der Waals surface area contributed by atoms with Crippen molar-refractivity contribution in [3.63, 3.8) is 0 Å². The van der Waals surface area contributed by atoms with Gasteiger partial charge < -0.3 is 19.5 Å². The fourth-order valence-corrected chi connectivity index (χ4v) is 2.73. The lowest BCUT2D eigenvalue weighted by Crippen LogP contribution is -2.44. The van der Waals surface area contributed by atoms with Crippen molar-refractivity contribution in [1.82, 2.24) is 9.80 Å². The molecule has 1 unspecified atom stereocenters. The fourth-order valence-electron chi connectivity index (χ4n) is 2.73. The molecule has 0 aliphatic carbocycles. The minimum atomic E-state index is -0.829. The van der Waals surface area contributed by atoms with E-state index in [0.717, 1.165) is 19.5 Å². The van der Waals surface area contributed by atoms with E-state index in [1.807, 2.05) is 4.90 Å². The SMILES string of the molecule is O=C(O)CC1CN(CCCC(=O)N2CCOCC2)CCO1. The van der Waals surface area contributed by atoms with Gasteiger partial charge in [0.25, 0.3) is 0 Å². The fraction of sp³-hybridized carbons (Fsp3) is 0.857. The number of carbonyl (C=O) groups excluding carboxylic acids is 1. The van der Waals surface area contributed by atoms with Crippen LogP contribution in [0, 0.1) is 0 Å². The molecule has 7 heteroatoms. The highest BCUT2D eigenvalue weighted by Gasteiger charge is 2.23. The second kappa shape index (κ2) is 8.31. The van der Waals surface area contributed by atoms with Gasteiger partial charge in [-0.15, -0.1) is 0 Å². The molecule has 1 amide bonds. The summed E-state index contributed by atoms with van der Waals surface area (Å²) >= 11 is 0. The maximum Gasteiger partial charge on any atom is 0.306 e. The van der Waals surface area contributed by atoms with Crippen LogP contribution in [0.5, 0.6) is 0 Å². The van der Waals surface area contributed by atoms with E-state index in [9.17, 15) is 9.59 Å². The quantitative estimate of drug-likeness (QED) is 0.732. The van der Waals surface area contributed by atoms with Gasteiger partial charge in [0.1, 0.15) is 0 Å². The highest BCUT2D eigenvalue weighted by atomic mass is 16.5. The van der Waals surface area contributed by atoms with Crippen LogP contribution in [0.25, 0.3) is 0 Å². The molecule has 0 spiro atoms. The van der Waals surface area contributed by atoms with Gasteiger partial charge in [-0.1, -0.05) is 0 Å². The number of aliphatic carboxylic acids is 1. The first-order valence-corrected chi connectivity index (χ1v) is 7.56. The number of carboxylic acids is 1. The molecule has 2 fully saturated rings. The van der Waals surface area contributed by atoms with E-state index in [1.54, 1.807) is 0 Å². The van der Waals surface area contributed by atoms with Gasteiger partial charge in [-0.05, 0) is 13.0 Å². The van der Waals surface area contributed by atoms with Crippen molar-refractivity contribution in [2.45, 2.75) is 25.4 Å². The Morgan fingerprint density at radius 2 is 1.90 bits per heavy atom. The number of hydrogen-bond acceptors (Lipinski definition) is 5. The van der Waals surface area contributed by atoms with E-state index in [0.29, 0.717) is 45.9 Å². The zero-order valence-corrected chi connectivity index (χ0v) is 12.3. The Hall–Kier alpha value is -1.18. The largest absolute Gasteiger partial charge is 0.481 e. The van der Waals surface area contributed by atoms with E-state index in [4.69, 9.17) is 14.6 Å². The van der Waals surface area contributed by atoms with Crippen molar-refractivity contribution in [2.24, 2.45) is 0 Å². The van der Waals surface area contributed by atoms with Crippen LogP contribution in [0.3, 0.4) is 0 Å². The van der Waals surface area contributed by atoms with Crippen molar-refractivity contribution in [1.29, 1.82) is 0 Å². The number of carbonyl (C=O) groups is 2. The van der Waals surface area contributed by atoms with Crippen LogP contribution in [0.1, 0.15) is 19.3 Å². The maximum atomic E-state index is 12.0. The third-order valence-electron chi connectivity index (χ3n) is 3.85. The summed E-state index contributed by atoms with van der Waals surface area (Å²) in [6.07, 6.45) is 1.16. The summed E-state index contributed by atoms with van der Waals surface area (Å²) < 4.78 is 10.7. The molecule has 1 atom stereocenters. The molecule has 0 radical (unpaired) electrons. The van der Waals surface area contributed by atoms with Crippen molar-refractivity contribution >= 4 is 11.9 Å². The Bertz CT molecular complexity index is 357. The number of ether oxygens (including phenoxy) is 2. The summed E-state index contributed by atoms with van der Waals surface area (Å²) in [6, 6.07) is 0. The Kier molecular flexibility index (Phi) is 6.41. The molecule has 7 nitrogen and oxygen atoms in total. The number of rotatable bonds is 6. The van der Waals surface area contributed by atoms with Crippen molar-refractivity contribution in [3.05, 3.63) is 0 Å². The summed E-state index contributed by atoms with van der Waals surface area (Å²) in [4.78, 5) is 26.7. The summed E-state index contributed by atoms with van der Waals surface area (Å²) in [7, 11) is 0. The number of nitrogens with zero attached hydrogens (tertiary/aromatic N) is 2. The minimum absolute atomic E-state index is 0.0448. The summed E-state index contributed by atoms with van der Waals surface area (Å²) in [5, 5.41) is 8.79. The van der Waals surface area contributed by atoms with Crippen molar-refractivity contribution in [3.8, 4) is 0 Å². The van der Waals surface area contributed by atoms with Gasteiger partial charge in [-0.25, -0.2) is 0 Å². The first-order valence-electron chi connectivity index (χ1n) is 7.56. The van der Waals surface area contributed by atoms with E-state index in [2.05, 4.69) is 4.90 Å². The van der Waals surface area contributed by atoms with Crippen LogP contribution in [-0.4, -0.2) is 85.4 Å². The zero-order chi connectivity index (χ0) is 15.1. The molecule has 2 aliphatic rings. The number of carboxylic acid groups (broad SMARTS) is 1. The molecular weight excluding hydrogens is 276 g/mol. The number of hydrogen-bond donors (Lipinski definition) is 1. The normalized spacial score (nSPS) is 24.0. The van der Waals surface area contributed by atoms with Crippen LogP contribution >= 0.6 is 0 Å². The third kappa shape index (κ3) is 5.61. The van der Waals surface area contributed by atoms with E-state index >= 15 is 0 Å². The minimum Gasteiger partial charge on any atom is -0.481 e. The first-order chi connectivity index (χ1) is 10.1. The van der Waals surface area contributed by atoms with Gasteiger partial charge in [0.15, 0.2) is 0 Å². The Morgan fingerprint density at radius 3 is 2.62 bits per heavy atom. The average molecular weight is 300 g/mol. The summed E-state index contributed by atoms with van der Waals surface area (Å²) in [5.41, 5.74) is 0. The topological polar surface area (TPSA) is 79.3 Å². The molecule has 0 aromatic rings. The van der Waals surface area contributed by atoms with Gasteiger partial charge in [-0.2, -0.15) is 0 Å². The molecule has 0 saturated carbocycles. The Labute approximate surface area is 124 Å². The smallest absolute Gasteiger partial charge is 0.306 e. The highest BCUT2D eigenvalue weighted by Crippen LogP contribution is 2.10. The van der Waals surface area contributed by atoms with E-state index < -0.39 is 5.97 Å². The standard InChI is InChI=1S/C14H24N2O5/c17-13(16-5-7-20-8-6-16)2-1-3-15-4-9-21-12(11-15)10-14(18)19/h12H,1-11H2,(H,18,19). The average Bonchev–Trinajstić information content (AvgIpc) is 2.48. The van der Waals surface area contributed by atoms with Crippen molar-refractivity contribution in [2.75, 3.05) is 52.5 Å². The first kappa shape index (κ1) is 16.2. The predicted octanol–water partition coefficient (Wildman–Crippen LogP) is -0.199. The second-order valence-corrected chi connectivity index (χ2v) is 5.49. The Morgan fingerprint density at radius 1 is 1.14 bits per heavy atom. The lowest BCUT2D eigenvalue weighted by Gasteiger charge is -2.32. The molecule has 0 bridgehead atoms. The third-order valence-corrected chi connectivity index (χ3v) is 3.85. The van der Waals surface area contributed by atoms with Crippen LogP contribution in [-0.2, 0) is 19.1 Å². The molecule has 2 heterocycles.